The van der Waals surface area contributed by atoms with Crippen molar-refractivity contribution in [1.29, 1.82) is 0 Å². The molecule has 0 bridgehead atoms. The van der Waals surface area contributed by atoms with Gasteiger partial charge in [-0.1, -0.05) is 47.9 Å². The number of halogens is 1. The van der Waals surface area contributed by atoms with Crippen molar-refractivity contribution in [3.63, 3.8) is 0 Å². The number of aromatic nitrogens is 4. The smallest absolute Gasteiger partial charge is 0.229 e. The first-order valence-corrected chi connectivity index (χ1v) is 15.1. The van der Waals surface area contributed by atoms with Gasteiger partial charge in [0.25, 0.3) is 0 Å². The summed E-state index contributed by atoms with van der Waals surface area (Å²) < 4.78 is 14.9. The number of benzene rings is 2. The SMILES string of the molecule is CNC(=O)[C@@]12C[C@@H]1[C@@H](n1cnc3c(NC4CC4c4cccc(Cl)c4)nc(C#Cc4ccccc4)nc31)[C@H]1OC(C)(C)O[C@H]12. The molecule has 4 aromatic rings. The zero-order valence-corrected chi connectivity index (χ0v) is 24.8. The summed E-state index contributed by atoms with van der Waals surface area (Å²) in [4.78, 5) is 27.8. The van der Waals surface area contributed by atoms with E-state index in [2.05, 4.69) is 33.1 Å². The lowest BCUT2D eigenvalue weighted by Gasteiger charge is -2.24. The van der Waals surface area contributed by atoms with E-state index in [1.54, 1.807) is 13.4 Å². The van der Waals surface area contributed by atoms with Crippen molar-refractivity contribution in [2.24, 2.45) is 11.3 Å². The number of hydrogen-bond acceptors (Lipinski definition) is 7. The third-order valence-corrected chi connectivity index (χ3v) is 9.55. The lowest BCUT2D eigenvalue weighted by atomic mass is 9.98. The molecule has 3 heterocycles. The second-order valence-electron chi connectivity index (χ2n) is 12.4. The molecular weight excluding hydrogens is 564 g/mol. The van der Waals surface area contributed by atoms with Crippen molar-refractivity contribution in [1.82, 2.24) is 24.8 Å². The summed E-state index contributed by atoms with van der Waals surface area (Å²) in [6.07, 6.45) is 2.81. The first-order chi connectivity index (χ1) is 20.8. The van der Waals surface area contributed by atoms with E-state index in [0.717, 1.165) is 23.4 Å². The minimum Gasteiger partial charge on any atom is -0.365 e. The predicted molar refractivity (Wildman–Crippen MR) is 161 cm³/mol. The minimum absolute atomic E-state index is 0.00657. The summed E-state index contributed by atoms with van der Waals surface area (Å²) in [5.74, 6) is 6.96. The number of amides is 1. The Balaban J connectivity index is 1.20. The van der Waals surface area contributed by atoms with Gasteiger partial charge in [-0.15, -0.1) is 0 Å². The molecule has 2 aromatic carbocycles. The molecule has 7 atom stereocenters. The number of imidazole rings is 1. The van der Waals surface area contributed by atoms with Gasteiger partial charge in [0.1, 0.15) is 12.2 Å². The summed E-state index contributed by atoms with van der Waals surface area (Å²) in [5.41, 5.74) is 2.77. The van der Waals surface area contributed by atoms with Crippen LogP contribution in [-0.2, 0) is 14.3 Å². The molecule has 0 spiro atoms. The Hall–Kier alpha value is -3.97. The normalized spacial score (nSPS) is 31.1. The molecule has 1 amide bonds. The largest absolute Gasteiger partial charge is 0.365 e. The van der Waals surface area contributed by atoms with Crippen molar-refractivity contribution >= 4 is 34.5 Å². The van der Waals surface area contributed by atoms with Crippen LogP contribution in [0.3, 0.4) is 0 Å². The molecule has 3 saturated carbocycles. The summed E-state index contributed by atoms with van der Waals surface area (Å²) in [5, 5.41) is 7.23. The van der Waals surface area contributed by atoms with Gasteiger partial charge in [-0.2, -0.15) is 0 Å². The van der Waals surface area contributed by atoms with E-state index in [0.29, 0.717) is 28.7 Å². The quantitative estimate of drug-likeness (QED) is 0.324. The zero-order valence-electron chi connectivity index (χ0n) is 24.0. The second-order valence-corrected chi connectivity index (χ2v) is 12.9. The summed E-state index contributed by atoms with van der Waals surface area (Å²) in [7, 11) is 1.68. The van der Waals surface area contributed by atoms with E-state index in [-0.39, 0.29) is 36.1 Å². The van der Waals surface area contributed by atoms with Crippen LogP contribution in [0.15, 0.2) is 60.9 Å². The summed E-state index contributed by atoms with van der Waals surface area (Å²) in [6, 6.07) is 17.8. The predicted octanol–water partition coefficient (Wildman–Crippen LogP) is 4.67. The number of anilines is 1. The molecule has 4 fully saturated rings. The lowest BCUT2D eigenvalue weighted by Crippen LogP contribution is -2.40. The van der Waals surface area contributed by atoms with E-state index in [9.17, 15) is 4.79 Å². The number of rotatable bonds is 5. The van der Waals surface area contributed by atoms with Crippen molar-refractivity contribution in [2.45, 2.75) is 62.7 Å². The molecule has 1 aliphatic heterocycles. The van der Waals surface area contributed by atoms with Crippen LogP contribution in [0.4, 0.5) is 5.82 Å². The van der Waals surface area contributed by atoms with Crippen molar-refractivity contribution in [3.05, 3.63) is 82.9 Å². The Bertz CT molecular complexity index is 1830. The van der Waals surface area contributed by atoms with Crippen molar-refractivity contribution in [3.8, 4) is 11.8 Å². The van der Waals surface area contributed by atoms with Crippen molar-refractivity contribution < 1.29 is 14.3 Å². The number of nitrogens with one attached hydrogen (secondary N) is 2. The monoisotopic (exact) mass is 594 g/mol. The van der Waals surface area contributed by atoms with Gasteiger partial charge in [-0.25, -0.2) is 15.0 Å². The van der Waals surface area contributed by atoms with Crippen LogP contribution in [-0.4, -0.2) is 56.5 Å². The molecule has 2 unspecified atom stereocenters. The number of nitrogens with zero attached hydrogens (tertiary/aromatic N) is 4. The molecule has 3 aliphatic carbocycles. The number of hydrogen-bond donors (Lipinski definition) is 2. The van der Waals surface area contributed by atoms with Crippen LogP contribution < -0.4 is 10.6 Å². The van der Waals surface area contributed by atoms with Crippen LogP contribution in [0.25, 0.3) is 11.2 Å². The van der Waals surface area contributed by atoms with Crippen LogP contribution in [0.2, 0.25) is 5.02 Å². The Labute approximate surface area is 254 Å². The lowest BCUT2D eigenvalue weighted by molar-refractivity contribution is -0.164. The molecule has 2 aromatic heterocycles. The molecule has 0 radical (unpaired) electrons. The molecule has 10 heteroatoms. The maximum absolute atomic E-state index is 13.2. The van der Waals surface area contributed by atoms with Gasteiger partial charge in [-0.3, -0.25) is 4.79 Å². The third-order valence-electron chi connectivity index (χ3n) is 9.32. The van der Waals surface area contributed by atoms with Gasteiger partial charge in [-0.05, 0) is 62.4 Å². The Morgan fingerprint density at radius 2 is 1.93 bits per heavy atom. The summed E-state index contributed by atoms with van der Waals surface area (Å²) in [6.45, 7) is 3.80. The molecule has 218 valence electrons. The third kappa shape index (κ3) is 4.31. The van der Waals surface area contributed by atoms with Gasteiger partial charge >= 0.3 is 0 Å². The fourth-order valence-corrected chi connectivity index (χ4v) is 7.47. The van der Waals surface area contributed by atoms with Crippen LogP contribution >= 0.6 is 11.6 Å². The number of ether oxygens (including phenoxy) is 2. The fraction of sp³-hybridized carbons (Fsp3) is 0.394. The standard InChI is InChI=1S/C33H31ClN6O3/c1-32(2)42-27-26(22-16-33(22,28(27)43-32)31(41)35-3)40-17-36-25-29(37-23-15-21(23)19-10-7-11-20(34)14-19)38-24(39-30(25)40)13-12-18-8-5-4-6-9-18/h4-11,14,17,21-23,26-28H,15-16H2,1-3H3,(H,35,41)(H,37,38,39)/t21?,22-,23?,26-,27-,28-,33+/m1/s1. The highest BCUT2D eigenvalue weighted by atomic mass is 35.5. The average Bonchev–Trinajstić information content (AvgIpc) is 3.83. The second kappa shape index (κ2) is 9.52. The van der Waals surface area contributed by atoms with Crippen LogP contribution in [0.5, 0.6) is 0 Å². The molecule has 9 nitrogen and oxygen atoms in total. The highest BCUT2D eigenvalue weighted by Gasteiger charge is 2.79. The first kappa shape index (κ1) is 26.6. The minimum atomic E-state index is -0.798. The Morgan fingerprint density at radius 1 is 1.09 bits per heavy atom. The highest BCUT2D eigenvalue weighted by molar-refractivity contribution is 6.30. The average molecular weight is 595 g/mol. The van der Waals surface area contributed by atoms with E-state index < -0.39 is 11.2 Å². The number of carbonyl (C=O) groups excluding carboxylic acids is 1. The Kier molecular flexibility index (Phi) is 5.90. The number of fused-ring (bicyclic) bond motifs is 4. The van der Waals surface area contributed by atoms with Gasteiger partial charge in [0.2, 0.25) is 11.7 Å². The van der Waals surface area contributed by atoms with Gasteiger partial charge in [0, 0.05) is 35.5 Å². The van der Waals surface area contributed by atoms with E-state index in [4.69, 9.17) is 36.0 Å². The zero-order chi connectivity index (χ0) is 29.5. The fourth-order valence-electron chi connectivity index (χ4n) is 7.28. The van der Waals surface area contributed by atoms with Crippen molar-refractivity contribution in [2.75, 3.05) is 12.4 Å². The maximum atomic E-state index is 13.2. The highest BCUT2D eigenvalue weighted by Crippen LogP contribution is 2.71. The van der Waals surface area contributed by atoms with Gasteiger partial charge in [0.05, 0.1) is 17.8 Å². The molecular formula is C33H31ClN6O3. The summed E-state index contributed by atoms with van der Waals surface area (Å²) >= 11 is 6.27. The molecule has 2 N–H and O–H groups in total. The maximum Gasteiger partial charge on any atom is 0.229 e. The number of carbonyl (C=O) groups is 1. The molecule has 8 rings (SSSR count). The molecule has 1 saturated heterocycles. The van der Waals surface area contributed by atoms with E-state index in [1.807, 2.05) is 62.4 Å². The van der Waals surface area contributed by atoms with Gasteiger partial charge < -0.3 is 24.7 Å². The first-order valence-electron chi connectivity index (χ1n) is 14.7. The Morgan fingerprint density at radius 3 is 2.72 bits per heavy atom. The van der Waals surface area contributed by atoms with Crippen LogP contribution in [0, 0.1) is 23.2 Å². The molecule has 43 heavy (non-hydrogen) atoms. The molecule has 4 aliphatic rings. The van der Waals surface area contributed by atoms with E-state index in [1.165, 1.54) is 5.56 Å². The van der Waals surface area contributed by atoms with E-state index >= 15 is 0 Å². The van der Waals surface area contributed by atoms with Crippen LogP contribution in [0.1, 0.15) is 55.6 Å². The van der Waals surface area contributed by atoms with Gasteiger partial charge in [0.15, 0.2) is 22.8 Å². The topological polar surface area (TPSA) is 103 Å².